The number of nitro benzene ring substituents is 1. The van der Waals surface area contributed by atoms with E-state index in [0.717, 1.165) is 0 Å². The number of ether oxygens (including phenoxy) is 1. The van der Waals surface area contributed by atoms with Crippen molar-refractivity contribution in [2.75, 3.05) is 34.3 Å². The summed E-state index contributed by atoms with van der Waals surface area (Å²) in [4.78, 5) is 39.8. The van der Waals surface area contributed by atoms with Gasteiger partial charge in [-0.05, 0) is 56.9 Å². The number of hydrogen-bond donors (Lipinski definition) is 1. The highest BCUT2D eigenvalue weighted by Crippen LogP contribution is 2.40. The number of hydrogen-bond acceptors (Lipinski definition) is 7. The normalized spacial score (nSPS) is 17.8. The maximum Gasteiger partial charge on any atom is 0.295 e. The summed E-state index contributed by atoms with van der Waals surface area (Å²) in [6.45, 7) is 0.991. The van der Waals surface area contributed by atoms with Crippen molar-refractivity contribution in [1.82, 2.24) is 9.80 Å². The summed E-state index contributed by atoms with van der Waals surface area (Å²) in [6, 6.07) is 11.3. The minimum atomic E-state index is -0.857. The van der Waals surface area contributed by atoms with Crippen molar-refractivity contribution in [2.45, 2.75) is 12.5 Å². The number of aliphatic hydroxyl groups excluding tert-OH is 1. The lowest BCUT2D eigenvalue weighted by molar-refractivity contribution is -0.384. The van der Waals surface area contributed by atoms with Crippen molar-refractivity contribution in [1.29, 1.82) is 0 Å². The number of likely N-dealkylation sites (tertiary alicyclic amines) is 1. The Kier molecular flexibility index (Phi) is 6.89. The number of ketones is 1. The highest BCUT2D eigenvalue weighted by atomic mass is 16.6. The van der Waals surface area contributed by atoms with Gasteiger partial charge in [-0.3, -0.25) is 19.7 Å². The second kappa shape index (κ2) is 9.61. The maximum absolute atomic E-state index is 13.0. The zero-order valence-corrected chi connectivity index (χ0v) is 18.1. The lowest BCUT2D eigenvalue weighted by Crippen LogP contribution is -2.32. The molecule has 0 radical (unpaired) electrons. The Morgan fingerprint density at radius 1 is 1.19 bits per heavy atom. The maximum atomic E-state index is 13.0. The Hall–Kier alpha value is -3.72. The zero-order chi connectivity index (χ0) is 23.4. The van der Waals surface area contributed by atoms with Gasteiger partial charge in [-0.15, -0.1) is 0 Å². The van der Waals surface area contributed by atoms with E-state index in [9.17, 15) is 24.8 Å². The second-order valence-corrected chi connectivity index (χ2v) is 7.73. The fourth-order valence-corrected chi connectivity index (χ4v) is 3.72. The van der Waals surface area contributed by atoms with Crippen molar-refractivity contribution in [2.24, 2.45) is 0 Å². The van der Waals surface area contributed by atoms with Crippen LogP contribution in [0, 0.1) is 10.1 Å². The van der Waals surface area contributed by atoms with Crippen LogP contribution in [0.1, 0.15) is 23.6 Å². The molecule has 0 spiro atoms. The predicted molar refractivity (Wildman–Crippen MR) is 118 cm³/mol. The predicted octanol–water partition coefficient (Wildman–Crippen LogP) is 2.98. The molecule has 3 rings (SSSR count). The van der Waals surface area contributed by atoms with Gasteiger partial charge in [0.15, 0.2) is 0 Å². The first-order valence-corrected chi connectivity index (χ1v) is 10.1. The molecule has 9 heteroatoms. The van der Waals surface area contributed by atoms with Gasteiger partial charge in [0.1, 0.15) is 11.5 Å². The molecule has 1 aliphatic heterocycles. The Morgan fingerprint density at radius 3 is 2.47 bits per heavy atom. The smallest absolute Gasteiger partial charge is 0.295 e. The van der Waals surface area contributed by atoms with E-state index in [1.807, 2.05) is 19.0 Å². The molecule has 1 amide bonds. The molecule has 1 aliphatic rings. The molecule has 2 aromatic carbocycles. The Balaban J connectivity index is 2.10. The summed E-state index contributed by atoms with van der Waals surface area (Å²) in [5.41, 5.74) is 0.680. The molecule has 1 saturated heterocycles. The van der Waals surface area contributed by atoms with Gasteiger partial charge in [0, 0.05) is 24.2 Å². The van der Waals surface area contributed by atoms with Crippen LogP contribution < -0.4 is 4.74 Å². The van der Waals surface area contributed by atoms with Crippen molar-refractivity contribution in [3.8, 4) is 5.75 Å². The third kappa shape index (κ3) is 4.62. The number of carbonyl (C=O) groups excluding carboxylic acids is 2. The Bertz CT molecular complexity index is 1060. The standard InChI is InChI=1S/C23H25N3O6/c1-24(2)12-5-13-25-20(15-8-10-17(11-9-15)26(30)31)19(22(28)23(25)29)21(27)16-6-4-7-18(14-16)32-3/h4,6-11,14,20,27H,5,12-13H2,1-3H3/b21-19+/t20-/m1/s1. The van der Waals surface area contributed by atoms with E-state index >= 15 is 0 Å². The van der Waals surface area contributed by atoms with Crippen LogP contribution in [-0.4, -0.2) is 65.8 Å². The number of aliphatic hydroxyl groups is 1. The van der Waals surface area contributed by atoms with Crippen LogP contribution in [0.3, 0.4) is 0 Å². The molecule has 168 valence electrons. The number of Topliss-reactive ketones (excluding diaryl/α,β-unsaturated/α-hetero) is 1. The lowest BCUT2D eigenvalue weighted by Gasteiger charge is -2.26. The number of amides is 1. The molecule has 0 bridgehead atoms. The SMILES string of the molecule is COc1cccc(/C(O)=C2\C(=O)C(=O)N(CCCN(C)C)[C@@H]2c2ccc([N+](=O)[O-])cc2)c1. The van der Waals surface area contributed by atoms with Crippen LogP contribution in [0.15, 0.2) is 54.1 Å². The first kappa shape index (κ1) is 23.0. The summed E-state index contributed by atoms with van der Waals surface area (Å²) in [7, 11) is 5.30. The van der Waals surface area contributed by atoms with Crippen LogP contribution in [0.5, 0.6) is 5.75 Å². The van der Waals surface area contributed by atoms with Gasteiger partial charge < -0.3 is 19.6 Å². The minimum absolute atomic E-state index is 0.0537. The Labute approximate surface area is 185 Å². The summed E-state index contributed by atoms with van der Waals surface area (Å²) in [5, 5.41) is 22.1. The third-order valence-electron chi connectivity index (χ3n) is 5.31. The molecule has 0 aromatic heterocycles. The van der Waals surface area contributed by atoms with E-state index in [1.165, 1.54) is 36.3 Å². The largest absolute Gasteiger partial charge is 0.507 e. The molecular formula is C23H25N3O6. The summed E-state index contributed by atoms with van der Waals surface area (Å²) < 4.78 is 5.19. The van der Waals surface area contributed by atoms with E-state index in [2.05, 4.69) is 0 Å². The molecule has 2 aromatic rings. The first-order chi connectivity index (χ1) is 15.2. The summed E-state index contributed by atoms with van der Waals surface area (Å²) >= 11 is 0. The minimum Gasteiger partial charge on any atom is -0.507 e. The monoisotopic (exact) mass is 439 g/mol. The van der Waals surface area contributed by atoms with Crippen LogP contribution in [-0.2, 0) is 9.59 Å². The van der Waals surface area contributed by atoms with E-state index in [0.29, 0.717) is 36.4 Å². The molecule has 1 N–H and O–H groups in total. The number of nitrogens with zero attached hydrogens (tertiary/aromatic N) is 3. The number of nitro groups is 1. The Morgan fingerprint density at radius 2 is 1.88 bits per heavy atom. The van der Waals surface area contributed by atoms with Crippen molar-refractivity contribution < 1.29 is 24.4 Å². The van der Waals surface area contributed by atoms with Gasteiger partial charge in [-0.1, -0.05) is 12.1 Å². The van der Waals surface area contributed by atoms with Crippen LogP contribution in [0.4, 0.5) is 5.69 Å². The molecule has 0 saturated carbocycles. The van der Waals surface area contributed by atoms with Gasteiger partial charge >= 0.3 is 0 Å². The second-order valence-electron chi connectivity index (χ2n) is 7.73. The van der Waals surface area contributed by atoms with E-state index in [1.54, 1.807) is 24.3 Å². The zero-order valence-electron chi connectivity index (χ0n) is 18.1. The van der Waals surface area contributed by atoms with Crippen LogP contribution in [0.25, 0.3) is 5.76 Å². The van der Waals surface area contributed by atoms with Crippen molar-refractivity contribution in [3.05, 3.63) is 75.3 Å². The lowest BCUT2D eigenvalue weighted by atomic mass is 9.95. The number of methoxy groups -OCH3 is 1. The third-order valence-corrected chi connectivity index (χ3v) is 5.31. The topological polar surface area (TPSA) is 113 Å². The fourth-order valence-electron chi connectivity index (χ4n) is 3.72. The number of carbonyl (C=O) groups is 2. The molecule has 0 unspecified atom stereocenters. The summed E-state index contributed by atoms with van der Waals surface area (Å²) in [6.07, 6.45) is 0.614. The average molecular weight is 439 g/mol. The molecule has 32 heavy (non-hydrogen) atoms. The van der Waals surface area contributed by atoms with Gasteiger partial charge in [0.05, 0.1) is 23.6 Å². The number of rotatable bonds is 8. The first-order valence-electron chi connectivity index (χ1n) is 10.1. The molecular weight excluding hydrogens is 414 g/mol. The van der Waals surface area contributed by atoms with Crippen molar-refractivity contribution >= 4 is 23.1 Å². The van der Waals surface area contributed by atoms with Gasteiger partial charge in [0.2, 0.25) is 0 Å². The molecule has 1 heterocycles. The summed E-state index contributed by atoms with van der Waals surface area (Å²) in [5.74, 6) is -1.34. The van der Waals surface area contributed by atoms with Gasteiger partial charge in [-0.25, -0.2) is 0 Å². The molecule has 0 aliphatic carbocycles. The van der Waals surface area contributed by atoms with E-state index in [4.69, 9.17) is 4.74 Å². The fraction of sp³-hybridized carbons (Fsp3) is 0.304. The number of benzene rings is 2. The molecule has 9 nitrogen and oxygen atoms in total. The van der Waals surface area contributed by atoms with Gasteiger partial charge in [0.25, 0.3) is 17.4 Å². The molecule has 1 atom stereocenters. The van der Waals surface area contributed by atoms with E-state index < -0.39 is 22.7 Å². The van der Waals surface area contributed by atoms with E-state index in [-0.39, 0.29) is 17.0 Å². The molecule has 1 fully saturated rings. The van der Waals surface area contributed by atoms with Crippen molar-refractivity contribution in [3.63, 3.8) is 0 Å². The number of non-ortho nitro benzene ring substituents is 1. The highest BCUT2D eigenvalue weighted by molar-refractivity contribution is 6.46. The van der Waals surface area contributed by atoms with Gasteiger partial charge in [-0.2, -0.15) is 0 Å². The quantitative estimate of drug-likeness (QED) is 0.221. The van der Waals surface area contributed by atoms with Crippen LogP contribution >= 0.6 is 0 Å². The average Bonchev–Trinajstić information content (AvgIpc) is 3.03. The van der Waals surface area contributed by atoms with Crippen LogP contribution in [0.2, 0.25) is 0 Å². The highest BCUT2D eigenvalue weighted by Gasteiger charge is 2.45.